The quantitative estimate of drug-likeness (QED) is 0.712. The zero-order valence-electron chi connectivity index (χ0n) is 11.2. The van der Waals surface area contributed by atoms with Crippen molar-refractivity contribution in [3.05, 3.63) is 29.6 Å². The van der Waals surface area contributed by atoms with Crippen molar-refractivity contribution < 1.29 is 19.4 Å². The number of nitrogens with one attached hydrogen (secondary N) is 1. The SMILES string of the molecule is CCC(CC)(CO)CNc1ccc(C(=O)O)c(F)c1. The van der Waals surface area contributed by atoms with Crippen LogP contribution in [0.2, 0.25) is 0 Å². The number of benzene rings is 1. The Bertz CT molecular complexity index is 436. The van der Waals surface area contributed by atoms with Crippen molar-refractivity contribution in [2.45, 2.75) is 26.7 Å². The molecule has 106 valence electrons. The first-order valence-corrected chi connectivity index (χ1v) is 6.35. The molecule has 0 aromatic heterocycles. The number of hydrogen-bond donors (Lipinski definition) is 3. The molecule has 4 nitrogen and oxygen atoms in total. The molecule has 19 heavy (non-hydrogen) atoms. The van der Waals surface area contributed by atoms with Gasteiger partial charge in [0.25, 0.3) is 0 Å². The van der Waals surface area contributed by atoms with Crippen molar-refractivity contribution in [1.29, 1.82) is 0 Å². The maximum absolute atomic E-state index is 13.5. The van der Waals surface area contributed by atoms with Gasteiger partial charge in [-0.05, 0) is 31.0 Å². The van der Waals surface area contributed by atoms with Gasteiger partial charge in [-0.15, -0.1) is 0 Å². The second-order valence-corrected chi connectivity index (χ2v) is 4.72. The maximum atomic E-state index is 13.5. The lowest BCUT2D eigenvalue weighted by Gasteiger charge is -2.30. The lowest BCUT2D eigenvalue weighted by atomic mass is 9.83. The minimum Gasteiger partial charge on any atom is -0.478 e. The molecule has 3 N–H and O–H groups in total. The normalized spacial score (nSPS) is 11.4. The third kappa shape index (κ3) is 3.67. The van der Waals surface area contributed by atoms with Crippen LogP contribution in [-0.2, 0) is 0 Å². The Morgan fingerprint density at radius 1 is 1.37 bits per heavy atom. The summed E-state index contributed by atoms with van der Waals surface area (Å²) in [6.45, 7) is 4.57. The van der Waals surface area contributed by atoms with Crippen LogP contribution in [0.25, 0.3) is 0 Å². The molecule has 0 saturated heterocycles. The topological polar surface area (TPSA) is 69.6 Å². The highest BCUT2D eigenvalue weighted by atomic mass is 19.1. The summed E-state index contributed by atoms with van der Waals surface area (Å²) in [5.41, 5.74) is -0.0609. The van der Waals surface area contributed by atoms with Crippen LogP contribution in [0.1, 0.15) is 37.0 Å². The van der Waals surface area contributed by atoms with E-state index in [0.717, 1.165) is 18.9 Å². The summed E-state index contributed by atoms with van der Waals surface area (Å²) in [4.78, 5) is 10.7. The van der Waals surface area contributed by atoms with Gasteiger partial charge in [-0.25, -0.2) is 9.18 Å². The molecule has 1 aromatic carbocycles. The molecule has 1 rings (SSSR count). The van der Waals surface area contributed by atoms with Gasteiger partial charge in [0.1, 0.15) is 5.82 Å². The number of carboxylic acids is 1. The number of aliphatic hydroxyl groups excluding tert-OH is 1. The van der Waals surface area contributed by atoms with E-state index in [9.17, 15) is 14.3 Å². The van der Waals surface area contributed by atoms with Crippen molar-refractivity contribution in [3.8, 4) is 0 Å². The summed E-state index contributed by atoms with van der Waals surface area (Å²) >= 11 is 0. The van der Waals surface area contributed by atoms with Gasteiger partial charge in [0, 0.05) is 17.6 Å². The van der Waals surface area contributed by atoms with Crippen molar-refractivity contribution >= 4 is 11.7 Å². The molecule has 0 unspecified atom stereocenters. The van der Waals surface area contributed by atoms with E-state index in [1.807, 2.05) is 13.8 Å². The average molecular weight is 269 g/mol. The van der Waals surface area contributed by atoms with E-state index in [2.05, 4.69) is 5.32 Å². The summed E-state index contributed by atoms with van der Waals surface area (Å²) in [5.74, 6) is -2.05. The van der Waals surface area contributed by atoms with E-state index in [0.29, 0.717) is 12.2 Å². The molecule has 0 aliphatic carbocycles. The number of rotatable bonds is 7. The van der Waals surface area contributed by atoms with Crippen LogP contribution >= 0.6 is 0 Å². The molecule has 0 radical (unpaired) electrons. The smallest absolute Gasteiger partial charge is 0.338 e. The van der Waals surface area contributed by atoms with E-state index in [1.165, 1.54) is 12.1 Å². The number of aromatic carboxylic acids is 1. The fraction of sp³-hybridized carbons (Fsp3) is 0.500. The fourth-order valence-corrected chi connectivity index (χ4v) is 1.87. The Kier molecular flexibility index (Phi) is 5.30. The van der Waals surface area contributed by atoms with E-state index < -0.39 is 11.8 Å². The van der Waals surface area contributed by atoms with Crippen LogP contribution in [0.15, 0.2) is 18.2 Å². The predicted molar refractivity (Wildman–Crippen MR) is 71.9 cm³/mol. The van der Waals surface area contributed by atoms with E-state index in [4.69, 9.17) is 5.11 Å². The minimum atomic E-state index is -1.28. The summed E-state index contributed by atoms with van der Waals surface area (Å²) in [5, 5.41) is 21.2. The molecule has 0 fully saturated rings. The van der Waals surface area contributed by atoms with Gasteiger partial charge in [-0.1, -0.05) is 13.8 Å². The van der Waals surface area contributed by atoms with Crippen molar-refractivity contribution in [1.82, 2.24) is 0 Å². The molecule has 0 heterocycles. The van der Waals surface area contributed by atoms with Crippen molar-refractivity contribution in [2.24, 2.45) is 5.41 Å². The lowest BCUT2D eigenvalue weighted by Crippen LogP contribution is -2.32. The molecular weight excluding hydrogens is 249 g/mol. The Balaban J connectivity index is 2.78. The third-order valence-electron chi connectivity index (χ3n) is 3.70. The van der Waals surface area contributed by atoms with Gasteiger partial charge in [0.15, 0.2) is 0 Å². The maximum Gasteiger partial charge on any atom is 0.338 e. The summed E-state index contributed by atoms with van der Waals surface area (Å²) in [6, 6.07) is 3.93. The molecule has 0 bridgehead atoms. The molecule has 0 spiro atoms. The first-order valence-electron chi connectivity index (χ1n) is 6.35. The number of carbonyl (C=O) groups is 1. The van der Waals surface area contributed by atoms with Crippen LogP contribution in [0.4, 0.5) is 10.1 Å². The van der Waals surface area contributed by atoms with Crippen LogP contribution in [-0.4, -0.2) is 29.3 Å². The van der Waals surface area contributed by atoms with E-state index in [1.54, 1.807) is 0 Å². The molecular formula is C14H20FNO3. The molecule has 0 saturated carbocycles. The van der Waals surface area contributed by atoms with Gasteiger partial charge in [-0.3, -0.25) is 0 Å². The summed E-state index contributed by atoms with van der Waals surface area (Å²) in [6.07, 6.45) is 1.62. The van der Waals surface area contributed by atoms with Crippen LogP contribution < -0.4 is 5.32 Å². The molecule has 0 amide bonds. The second-order valence-electron chi connectivity index (χ2n) is 4.72. The van der Waals surface area contributed by atoms with Gasteiger partial charge in [0.05, 0.1) is 12.2 Å². The van der Waals surface area contributed by atoms with Gasteiger partial charge < -0.3 is 15.5 Å². The largest absolute Gasteiger partial charge is 0.478 e. The van der Waals surface area contributed by atoms with Crippen LogP contribution in [0.3, 0.4) is 0 Å². The highest BCUT2D eigenvalue weighted by Crippen LogP contribution is 2.26. The Morgan fingerprint density at radius 2 is 2.00 bits per heavy atom. The highest BCUT2D eigenvalue weighted by molar-refractivity contribution is 5.88. The molecule has 0 atom stereocenters. The van der Waals surface area contributed by atoms with Gasteiger partial charge in [0.2, 0.25) is 0 Å². The average Bonchev–Trinajstić information content (AvgIpc) is 2.40. The van der Waals surface area contributed by atoms with Gasteiger partial charge >= 0.3 is 5.97 Å². The first kappa shape index (κ1) is 15.4. The Labute approximate surface area is 112 Å². The monoisotopic (exact) mass is 269 g/mol. The molecule has 5 heteroatoms. The predicted octanol–water partition coefficient (Wildman–Crippen LogP) is 2.73. The number of halogens is 1. The summed E-state index contributed by atoms with van der Waals surface area (Å²) in [7, 11) is 0. The molecule has 0 aliphatic heterocycles. The summed E-state index contributed by atoms with van der Waals surface area (Å²) < 4.78 is 13.5. The number of aliphatic hydroxyl groups is 1. The fourth-order valence-electron chi connectivity index (χ4n) is 1.87. The standard InChI is InChI=1S/C14H20FNO3/c1-3-14(4-2,9-17)8-16-10-5-6-11(13(18)19)12(15)7-10/h5-7,16-17H,3-4,8-9H2,1-2H3,(H,18,19). The zero-order valence-corrected chi connectivity index (χ0v) is 11.2. The number of carboxylic acid groups (broad SMARTS) is 1. The van der Waals surface area contributed by atoms with E-state index >= 15 is 0 Å². The number of hydrogen-bond acceptors (Lipinski definition) is 3. The Hall–Kier alpha value is -1.62. The van der Waals surface area contributed by atoms with Crippen molar-refractivity contribution in [3.63, 3.8) is 0 Å². The Morgan fingerprint density at radius 3 is 2.42 bits per heavy atom. The van der Waals surface area contributed by atoms with Gasteiger partial charge in [-0.2, -0.15) is 0 Å². The molecule has 0 aliphatic rings. The minimum absolute atomic E-state index is 0.0582. The highest BCUT2D eigenvalue weighted by Gasteiger charge is 2.25. The second kappa shape index (κ2) is 6.52. The lowest BCUT2D eigenvalue weighted by molar-refractivity contribution is 0.0692. The molecule has 1 aromatic rings. The third-order valence-corrected chi connectivity index (χ3v) is 3.70. The number of anilines is 1. The zero-order chi connectivity index (χ0) is 14.5. The van der Waals surface area contributed by atoms with Crippen molar-refractivity contribution in [2.75, 3.05) is 18.5 Å². The van der Waals surface area contributed by atoms with Crippen LogP contribution in [0.5, 0.6) is 0 Å². The van der Waals surface area contributed by atoms with Crippen LogP contribution in [0, 0.1) is 11.2 Å². The van der Waals surface area contributed by atoms with E-state index in [-0.39, 0.29) is 17.6 Å². The first-order chi connectivity index (χ1) is 8.98.